The Kier molecular flexibility index (Phi) is 6.58. The van der Waals surface area contributed by atoms with Gasteiger partial charge >= 0.3 is 5.97 Å². The van der Waals surface area contributed by atoms with E-state index < -0.39 is 11.6 Å². The third kappa shape index (κ3) is 4.89. The molecule has 1 aromatic carbocycles. The van der Waals surface area contributed by atoms with Crippen LogP contribution in [0.4, 0.5) is 5.82 Å². The summed E-state index contributed by atoms with van der Waals surface area (Å²) in [5.41, 5.74) is 2.81. The summed E-state index contributed by atoms with van der Waals surface area (Å²) in [6.45, 7) is 6.67. The molecule has 7 nitrogen and oxygen atoms in total. The number of ether oxygens (including phenoxy) is 3. The maximum absolute atomic E-state index is 11.8. The second kappa shape index (κ2) is 9.14. The molecule has 1 aliphatic heterocycles. The molecule has 1 aliphatic rings. The van der Waals surface area contributed by atoms with E-state index in [0.717, 1.165) is 16.7 Å². The predicted molar refractivity (Wildman–Crippen MR) is 112 cm³/mol. The lowest BCUT2D eigenvalue weighted by atomic mass is 9.89. The molecule has 2 aromatic rings. The standard InChI is InChI=1S/C23H27N3O4/c1-5-28-20(27)15-29-22-18(12-24)17-11-23(2,3)30-14-19(17)21(25-22)26(4)13-16-9-7-6-8-10-16/h6-10H,5,11,13-15H2,1-4H3. The van der Waals surface area contributed by atoms with Gasteiger partial charge in [-0.2, -0.15) is 10.2 Å². The van der Waals surface area contributed by atoms with Crippen molar-refractivity contribution in [3.8, 4) is 11.9 Å². The summed E-state index contributed by atoms with van der Waals surface area (Å²) < 4.78 is 16.6. The van der Waals surface area contributed by atoms with Gasteiger partial charge in [0.15, 0.2) is 6.61 Å². The van der Waals surface area contributed by atoms with Gasteiger partial charge in [-0.15, -0.1) is 0 Å². The lowest BCUT2D eigenvalue weighted by molar-refractivity contribution is -0.145. The van der Waals surface area contributed by atoms with Crippen LogP contribution in [0.15, 0.2) is 30.3 Å². The van der Waals surface area contributed by atoms with E-state index in [0.29, 0.717) is 31.0 Å². The molecular formula is C23H27N3O4. The van der Waals surface area contributed by atoms with Crippen LogP contribution in [0.5, 0.6) is 5.88 Å². The number of hydrogen-bond acceptors (Lipinski definition) is 7. The first-order valence-electron chi connectivity index (χ1n) is 9.98. The van der Waals surface area contributed by atoms with Crippen molar-refractivity contribution in [3.63, 3.8) is 0 Å². The summed E-state index contributed by atoms with van der Waals surface area (Å²) in [5, 5.41) is 9.84. The van der Waals surface area contributed by atoms with Crippen LogP contribution < -0.4 is 9.64 Å². The molecule has 2 heterocycles. The van der Waals surface area contributed by atoms with E-state index in [-0.39, 0.29) is 19.1 Å². The lowest BCUT2D eigenvalue weighted by Gasteiger charge is -2.35. The van der Waals surface area contributed by atoms with Crippen molar-refractivity contribution in [3.05, 3.63) is 52.6 Å². The van der Waals surface area contributed by atoms with Crippen LogP contribution in [0.1, 0.15) is 43.0 Å². The second-order valence-corrected chi connectivity index (χ2v) is 7.84. The van der Waals surface area contributed by atoms with E-state index in [4.69, 9.17) is 14.2 Å². The molecule has 1 aromatic heterocycles. The topological polar surface area (TPSA) is 84.7 Å². The number of pyridine rings is 1. The van der Waals surface area contributed by atoms with E-state index in [2.05, 4.69) is 11.1 Å². The molecule has 3 rings (SSSR count). The van der Waals surface area contributed by atoms with Gasteiger partial charge in [0.1, 0.15) is 17.5 Å². The molecule has 30 heavy (non-hydrogen) atoms. The summed E-state index contributed by atoms with van der Waals surface area (Å²) in [6.07, 6.45) is 0.551. The highest BCUT2D eigenvalue weighted by atomic mass is 16.6. The quantitative estimate of drug-likeness (QED) is 0.648. The number of esters is 1. The normalized spacial score (nSPS) is 14.4. The van der Waals surface area contributed by atoms with E-state index in [1.807, 2.05) is 56.1 Å². The van der Waals surface area contributed by atoms with Crippen LogP contribution in [0, 0.1) is 11.3 Å². The Balaban J connectivity index is 2.01. The highest BCUT2D eigenvalue weighted by Gasteiger charge is 2.33. The number of hydrogen-bond donors (Lipinski definition) is 0. The molecule has 0 aliphatic carbocycles. The van der Waals surface area contributed by atoms with Gasteiger partial charge in [-0.05, 0) is 31.9 Å². The monoisotopic (exact) mass is 409 g/mol. The van der Waals surface area contributed by atoms with Gasteiger partial charge in [-0.1, -0.05) is 30.3 Å². The molecule has 0 unspecified atom stereocenters. The van der Waals surface area contributed by atoms with Gasteiger partial charge in [0.05, 0.1) is 18.8 Å². The average molecular weight is 409 g/mol. The van der Waals surface area contributed by atoms with Gasteiger partial charge in [0, 0.05) is 25.6 Å². The molecule has 0 N–H and O–H groups in total. The third-order valence-electron chi connectivity index (χ3n) is 4.94. The second-order valence-electron chi connectivity index (χ2n) is 7.84. The van der Waals surface area contributed by atoms with E-state index >= 15 is 0 Å². The van der Waals surface area contributed by atoms with Gasteiger partial charge in [-0.3, -0.25) is 0 Å². The van der Waals surface area contributed by atoms with Crippen molar-refractivity contribution in [1.29, 1.82) is 5.26 Å². The number of benzene rings is 1. The number of aromatic nitrogens is 1. The Labute approximate surface area is 177 Å². The number of carbonyl (C=O) groups excluding carboxylic acids is 1. The van der Waals surface area contributed by atoms with Crippen LogP contribution in [0.2, 0.25) is 0 Å². The fourth-order valence-electron chi connectivity index (χ4n) is 3.52. The average Bonchev–Trinajstić information content (AvgIpc) is 2.71. The van der Waals surface area contributed by atoms with Crippen molar-refractivity contribution < 1.29 is 19.0 Å². The van der Waals surface area contributed by atoms with Crippen molar-refractivity contribution in [2.75, 3.05) is 25.2 Å². The summed E-state index contributed by atoms with van der Waals surface area (Å²) in [6, 6.07) is 12.3. The summed E-state index contributed by atoms with van der Waals surface area (Å²) in [5.74, 6) is 0.336. The van der Waals surface area contributed by atoms with Crippen LogP contribution in [-0.4, -0.2) is 36.8 Å². The van der Waals surface area contributed by atoms with Gasteiger partial charge in [-0.25, -0.2) is 4.79 Å². The Morgan fingerprint density at radius 2 is 2.03 bits per heavy atom. The van der Waals surface area contributed by atoms with Crippen molar-refractivity contribution in [2.45, 2.75) is 45.9 Å². The summed E-state index contributed by atoms with van der Waals surface area (Å²) in [4.78, 5) is 18.4. The fourth-order valence-corrected chi connectivity index (χ4v) is 3.52. The zero-order valence-electron chi connectivity index (χ0n) is 17.9. The largest absolute Gasteiger partial charge is 0.465 e. The lowest BCUT2D eigenvalue weighted by Crippen LogP contribution is -2.34. The zero-order chi connectivity index (χ0) is 21.7. The Morgan fingerprint density at radius 3 is 2.70 bits per heavy atom. The summed E-state index contributed by atoms with van der Waals surface area (Å²) >= 11 is 0. The molecule has 0 bridgehead atoms. The van der Waals surface area contributed by atoms with Gasteiger partial charge in [0.25, 0.3) is 0 Å². The number of fused-ring (bicyclic) bond motifs is 1. The molecule has 158 valence electrons. The molecule has 0 radical (unpaired) electrons. The Hall–Kier alpha value is -3.11. The summed E-state index contributed by atoms with van der Waals surface area (Å²) in [7, 11) is 1.94. The van der Waals surface area contributed by atoms with Crippen molar-refractivity contribution >= 4 is 11.8 Å². The first-order valence-corrected chi connectivity index (χ1v) is 9.98. The number of rotatable bonds is 7. The van der Waals surface area contributed by atoms with E-state index in [1.54, 1.807) is 6.92 Å². The minimum Gasteiger partial charge on any atom is -0.465 e. The molecular weight excluding hydrogens is 382 g/mol. The molecule has 0 atom stereocenters. The van der Waals surface area contributed by atoms with Crippen LogP contribution in [0.3, 0.4) is 0 Å². The number of carbonyl (C=O) groups is 1. The van der Waals surface area contributed by atoms with E-state index in [1.165, 1.54) is 0 Å². The van der Waals surface area contributed by atoms with Gasteiger partial charge in [0.2, 0.25) is 5.88 Å². The molecule has 0 fully saturated rings. The Morgan fingerprint density at radius 1 is 1.30 bits per heavy atom. The maximum atomic E-state index is 11.8. The third-order valence-corrected chi connectivity index (χ3v) is 4.94. The molecule has 0 saturated heterocycles. The predicted octanol–water partition coefficient (Wildman–Crippen LogP) is 3.38. The van der Waals surface area contributed by atoms with Crippen LogP contribution in [0.25, 0.3) is 0 Å². The maximum Gasteiger partial charge on any atom is 0.344 e. The van der Waals surface area contributed by atoms with Crippen LogP contribution in [-0.2, 0) is 33.8 Å². The smallest absolute Gasteiger partial charge is 0.344 e. The fraction of sp³-hybridized carbons (Fsp3) is 0.435. The molecule has 0 spiro atoms. The SMILES string of the molecule is CCOC(=O)COc1nc(N(C)Cc2ccccc2)c2c(c1C#N)CC(C)(C)OC2. The molecule has 0 amide bonds. The van der Waals surface area contributed by atoms with Crippen molar-refractivity contribution in [1.82, 2.24) is 4.98 Å². The minimum atomic E-state index is -0.497. The Bertz CT molecular complexity index is 951. The minimum absolute atomic E-state index is 0.150. The first kappa shape index (κ1) is 21.6. The van der Waals surface area contributed by atoms with Crippen molar-refractivity contribution in [2.24, 2.45) is 0 Å². The molecule has 0 saturated carbocycles. The molecule has 7 heteroatoms. The first-order chi connectivity index (χ1) is 14.3. The zero-order valence-corrected chi connectivity index (χ0v) is 17.9. The highest BCUT2D eigenvalue weighted by molar-refractivity contribution is 5.71. The number of nitrogens with zero attached hydrogens (tertiary/aromatic N) is 3. The number of anilines is 1. The number of nitriles is 1. The van der Waals surface area contributed by atoms with Gasteiger partial charge < -0.3 is 19.1 Å². The van der Waals surface area contributed by atoms with Crippen LogP contribution >= 0.6 is 0 Å². The van der Waals surface area contributed by atoms with E-state index in [9.17, 15) is 10.1 Å². The highest BCUT2D eigenvalue weighted by Crippen LogP contribution is 2.38.